The number of nitrogens with zero attached hydrogens (tertiary/aromatic N) is 2. The third kappa shape index (κ3) is 4.90. The number of hydrogen-bond acceptors (Lipinski definition) is 5. The van der Waals surface area contributed by atoms with E-state index in [1.54, 1.807) is 12.2 Å². The maximum Gasteiger partial charge on any atom is 0.352 e. The highest BCUT2D eigenvalue weighted by atomic mass is 79.9. The van der Waals surface area contributed by atoms with Gasteiger partial charge < -0.3 is 20.6 Å². The zero-order chi connectivity index (χ0) is 20.4. The molecule has 0 unspecified atom stereocenters. The summed E-state index contributed by atoms with van der Waals surface area (Å²) in [5, 5.41) is 11.8. The molecular formula is C16H22BrN4O5S+. The Morgan fingerprint density at radius 1 is 1.44 bits per heavy atom. The standard InChI is InChI=1S/C16H21BrN4O5S/c1-21(2,7-10(18)22)5-3-4-9-8-27-15-12(19-11(23)6-17)14(24)20(15)13(9)16(25)26/h3-4,12,15H,5-8H2,1-2H3,(H3-,18,19,22,23,25,26)/p+1/b4-3+/t12-,15-/m1/s1. The van der Waals surface area contributed by atoms with E-state index in [1.165, 1.54) is 16.7 Å². The summed E-state index contributed by atoms with van der Waals surface area (Å²) in [5.41, 5.74) is 5.67. The number of carbonyl (C=O) groups excluding carboxylic acids is 3. The molecule has 0 aromatic carbocycles. The number of hydrogen-bond donors (Lipinski definition) is 3. The fourth-order valence-corrected chi connectivity index (χ4v) is 4.43. The van der Waals surface area contributed by atoms with Crippen LogP contribution in [-0.4, -0.2) is 87.9 Å². The molecule has 4 N–H and O–H groups in total. The van der Waals surface area contributed by atoms with E-state index in [0.717, 1.165) is 0 Å². The average Bonchev–Trinajstić information content (AvgIpc) is 2.57. The number of amides is 3. The SMILES string of the molecule is C[N+](C)(C/C=C/C1=C(C(=O)O)N2C(=O)[C@@H](NC(=O)CBr)[C@H]2SC1)CC(N)=O. The molecule has 2 rings (SSSR count). The van der Waals surface area contributed by atoms with Gasteiger partial charge in [0.2, 0.25) is 5.91 Å². The van der Waals surface area contributed by atoms with Gasteiger partial charge in [-0.25, -0.2) is 4.79 Å². The average molecular weight is 462 g/mol. The van der Waals surface area contributed by atoms with Crippen molar-refractivity contribution in [3.63, 3.8) is 0 Å². The van der Waals surface area contributed by atoms with Crippen LogP contribution in [0.1, 0.15) is 0 Å². The number of thioether (sulfide) groups is 1. The van der Waals surface area contributed by atoms with Gasteiger partial charge in [-0.3, -0.25) is 19.3 Å². The third-order valence-electron chi connectivity index (χ3n) is 4.14. The van der Waals surface area contributed by atoms with Crippen LogP contribution in [0.15, 0.2) is 23.4 Å². The van der Waals surface area contributed by atoms with E-state index >= 15 is 0 Å². The largest absolute Gasteiger partial charge is 0.477 e. The number of carbonyl (C=O) groups is 4. The minimum absolute atomic E-state index is 0.0652. The molecule has 3 amide bonds. The van der Waals surface area contributed by atoms with Gasteiger partial charge in [0.25, 0.3) is 11.8 Å². The van der Waals surface area contributed by atoms with Gasteiger partial charge >= 0.3 is 5.97 Å². The monoisotopic (exact) mass is 461 g/mol. The van der Waals surface area contributed by atoms with Crippen molar-refractivity contribution in [2.45, 2.75) is 11.4 Å². The van der Waals surface area contributed by atoms with E-state index in [1.807, 2.05) is 14.1 Å². The molecule has 11 heteroatoms. The minimum Gasteiger partial charge on any atom is -0.477 e. The molecule has 2 aliphatic heterocycles. The van der Waals surface area contributed by atoms with Crippen LogP contribution in [0.4, 0.5) is 0 Å². The lowest BCUT2D eigenvalue weighted by atomic mass is 10.0. The van der Waals surface area contributed by atoms with Gasteiger partial charge in [-0.05, 0) is 11.6 Å². The lowest BCUT2D eigenvalue weighted by Gasteiger charge is -2.49. The Balaban J connectivity index is 2.16. The molecule has 0 aliphatic carbocycles. The molecule has 9 nitrogen and oxygen atoms in total. The Hall–Kier alpha value is -1.85. The second-order valence-electron chi connectivity index (χ2n) is 6.91. The summed E-state index contributed by atoms with van der Waals surface area (Å²) in [6.07, 6.45) is 3.45. The summed E-state index contributed by atoms with van der Waals surface area (Å²) in [4.78, 5) is 47.9. The van der Waals surface area contributed by atoms with Crippen LogP contribution >= 0.6 is 27.7 Å². The van der Waals surface area contributed by atoms with E-state index in [2.05, 4.69) is 21.2 Å². The number of primary amides is 1. The smallest absolute Gasteiger partial charge is 0.352 e. The predicted octanol–water partition coefficient (Wildman–Crippen LogP) is -0.762. The van der Waals surface area contributed by atoms with E-state index in [4.69, 9.17) is 5.73 Å². The Bertz CT molecular complexity index is 736. The summed E-state index contributed by atoms with van der Waals surface area (Å²) in [6.45, 7) is 0.636. The quantitative estimate of drug-likeness (QED) is 0.247. The first-order valence-electron chi connectivity index (χ1n) is 8.10. The predicted molar refractivity (Wildman–Crippen MR) is 104 cm³/mol. The number of alkyl halides is 1. The van der Waals surface area contributed by atoms with Gasteiger partial charge in [-0.15, -0.1) is 11.8 Å². The molecule has 0 aromatic heterocycles. The maximum absolute atomic E-state index is 12.4. The molecule has 1 saturated heterocycles. The summed E-state index contributed by atoms with van der Waals surface area (Å²) in [5.74, 6) is -1.97. The van der Waals surface area contributed by atoms with Crippen molar-refractivity contribution in [3.05, 3.63) is 23.4 Å². The van der Waals surface area contributed by atoms with Crippen LogP contribution in [0, 0.1) is 0 Å². The van der Waals surface area contributed by atoms with Crippen LogP contribution < -0.4 is 11.1 Å². The first-order valence-corrected chi connectivity index (χ1v) is 10.3. The molecule has 0 radical (unpaired) electrons. The molecule has 0 bridgehead atoms. The Kier molecular flexibility index (Phi) is 6.71. The first kappa shape index (κ1) is 21.5. The van der Waals surface area contributed by atoms with E-state index < -0.39 is 29.2 Å². The van der Waals surface area contributed by atoms with E-state index in [9.17, 15) is 24.3 Å². The second kappa shape index (κ2) is 8.44. The summed E-state index contributed by atoms with van der Waals surface area (Å²) in [7, 11) is 3.67. The number of quaternary nitrogens is 1. The Labute approximate surface area is 169 Å². The van der Waals surface area contributed by atoms with Crippen LogP contribution in [-0.2, 0) is 19.2 Å². The highest BCUT2D eigenvalue weighted by molar-refractivity contribution is 9.09. The summed E-state index contributed by atoms with van der Waals surface area (Å²) < 4.78 is 0.334. The molecule has 1 fully saturated rings. The minimum atomic E-state index is -1.19. The van der Waals surface area contributed by atoms with Crippen molar-refractivity contribution in [1.29, 1.82) is 0 Å². The number of nitrogens with one attached hydrogen (secondary N) is 1. The van der Waals surface area contributed by atoms with Gasteiger partial charge in [0.15, 0.2) is 6.54 Å². The molecule has 148 valence electrons. The van der Waals surface area contributed by atoms with Crippen molar-refractivity contribution in [3.8, 4) is 0 Å². The number of halogens is 1. The molecule has 0 spiro atoms. The summed E-state index contributed by atoms with van der Waals surface area (Å²) in [6, 6.07) is -0.717. The number of fused-ring (bicyclic) bond motifs is 1. The van der Waals surface area contributed by atoms with Crippen molar-refractivity contribution < 1.29 is 28.8 Å². The lowest BCUT2D eigenvalue weighted by molar-refractivity contribution is -0.876. The van der Waals surface area contributed by atoms with Crippen LogP contribution in [0.5, 0.6) is 0 Å². The van der Waals surface area contributed by atoms with Gasteiger partial charge in [0.1, 0.15) is 17.1 Å². The first-order chi connectivity index (χ1) is 12.6. The lowest BCUT2D eigenvalue weighted by Crippen LogP contribution is -2.70. The van der Waals surface area contributed by atoms with Crippen molar-refractivity contribution in [2.75, 3.05) is 38.3 Å². The normalized spacial score (nSPS) is 22.5. The highest BCUT2D eigenvalue weighted by Gasteiger charge is 2.53. The Morgan fingerprint density at radius 3 is 2.67 bits per heavy atom. The van der Waals surface area contributed by atoms with Crippen molar-refractivity contribution >= 4 is 51.4 Å². The number of β-lactam (4-membered cyclic amide) rings is 1. The molecule has 2 aliphatic rings. The third-order valence-corrected chi connectivity index (χ3v) is 5.95. The number of carboxylic acids is 1. The number of allylic oxidation sites excluding steroid dienone is 1. The van der Waals surface area contributed by atoms with Crippen LogP contribution in [0.2, 0.25) is 0 Å². The van der Waals surface area contributed by atoms with Gasteiger partial charge in [-0.2, -0.15) is 0 Å². The number of aliphatic carboxylic acids is 1. The van der Waals surface area contributed by atoms with Gasteiger partial charge in [-0.1, -0.05) is 22.0 Å². The molecule has 27 heavy (non-hydrogen) atoms. The zero-order valence-corrected chi connectivity index (χ0v) is 17.4. The van der Waals surface area contributed by atoms with Crippen LogP contribution in [0.25, 0.3) is 0 Å². The fraction of sp³-hybridized carbons (Fsp3) is 0.500. The van der Waals surface area contributed by atoms with E-state index in [0.29, 0.717) is 22.4 Å². The number of likely N-dealkylation sites (N-methyl/N-ethyl adjacent to an activating group) is 1. The number of nitrogens with two attached hydrogens (primary N) is 1. The van der Waals surface area contributed by atoms with Gasteiger partial charge in [0.05, 0.1) is 26.0 Å². The van der Waals surface area contributed by atoms with E-state index in [-0.39, 0.29) is 23.5 Å². The van der Waals surface area contributed by atoms with Gasteiger partial charge in [0, 0.05) is 5.75 Å². The Morgan fingerprint density at radius 2 is 2.11 bits per heavy atom. The number of carboxylic acid groups (broad SMARTS) is 1. The summed E-state index contributed by atoms with van der Waals surface area (Å²) >= 11 is 4.42. The molecule has 2 heterocycles. The highest BCUT2D eigenvalue weighted by Crippen LogP contribution is 2.40. The van der Waals surface area contributed by atoms with Crippen molar-refractivity contribution in [2.24, 2.45) is 5.73 Å². The van der Waals surface area contributed by atoms with Crippen molar-refractivity contribution in [1.82, 2.24) is 10.2 Å². The zero-order valence-electron chi connectivity index (χ0n) is 15.0. The van der Waals surface area contributed by atoms with Crippen LogP contribution in [0.3, 0.4) is 0 Å². The topological polar surface area (TPSA) is 130 Å². The molecule has 0 saturated carbocycles. The fourth-order valence-electron chi connectivity index (χ4n) is 2.95. The number of rotatable bonds is 8. The molecule has 2 atom stereocenters. The second-order valence-corrected chi connectivity index (χ2v) is 8.58. The maximum atomic E-state index is 12.4. The molecule has 0 aromatic rings. The molecular weight excluding hydrogens is 440 g/mol.